The van der Waals surface area contributed by atoms with Gasteiger partial charge in [-0.1, -0.05) is 12.1 Å². The monoisotopic (exact) mass is 252 g/mol. The summed E-state index contributed by atoms with van der Waals surface area (Å²) in [6, 6.07) is 13.6. The fourth-order valence-electron chi connectivity index (χ4n) is 2.07. The molecule has 2 N–H and O–H groups in total. The van der Waals surface area contributed by atoms with Gasteiger partial charge in [-0.15, -0.1) is 0 Å². The molecule has 1 atom stereocenters. The van der Waals surface area contributed by atoms with E-state index in [9.17, 15) is 0 Å². The number of nitrogens with zero attached hydrogens (tertiary/aromatic N) is 3. The molecule has 0 amide bonds. The molecule has 0 aliphatic rings. The summed E-state index contributed by atoms with van der Waals surface area (Å²) in [7, 11) is 1.97. The van der Waals surface area contributed by atoms with Crippen LogP contribution < -0.4 is 10.6 Å². The second-order valence-electron chi connectivity index (χ2n) is 4.31. The Bertz CT molecular complexity index is 574. The van der Waals surface area contributed by atoms with Crippen molar-refractivity contribution in [2.24, 2.45) is 5.73 Å². The third-order valence-electron chi connectivity index (χ3n) is 3.14. The van der Waals surface area contributed by atoms with Gasteiger partial charge in [0.1, 0.15) is 0 Å². The van der Waals surface area contributed by atoms with Gasteiger partial charge in [0.2, 0.25) is 0 Å². The van der Waals surface area contributed by atoms with Crippen molar-refractivity contribution >= 4 is 5.69 Å². The van der Waals surface area contributed by atoms with Crippen LogP contribution in [0.1, 0.15) is 17.2 Å². The standard InChI is InChI=1S/C15H16N4/c1-19(14-6-2-4-12(8-14)9-16)15(10-17)13-5-3-7-18-11-13/h2-8,11,15H,10,17H2,1H3. The Kier molecular flexibility index (Phi) is 4.11. The fraction of sp³-hybridized carbons (Fsp3) is 0.200. The molecule has 0 spiro atoms. The number of aromatic nitrogens is 1. The first-order valence-corrected chi connectivity index (χ1v) is 6.09. The van der Waals surface area contributed by atoms with Crippen molar-refractivity contribution in [3.8, 4) is 6.07 Å². The highest BCUT2D eigenvalue weighted by molar-refractivity contribution is 5.52. The van der Waals surface area contributed by atoms with E-state index in [-0.39, 0.29) is 6.04 Å². The van der Waals surface area contributed by atoms with E-state index in [2.05, 4.69) is 16.0 Å². The highest BCUT2D eigenvalue weighted by atomic mass is 15.1. The second kappa shape index (κ2) is 5.98. The van der Waals surface area contributed by atoms with Crippen LogP contribution >= 0.6 is 0 Å². The van der Waals surface area contributed by atoms with E-state index in [1.54, 1.807) is 12.3 Å². The summed E-state index contributed by atoms with van der Waals surface area (Å²) in [5, 5.41) is 8.95. The first kappa shape index (κ1) is 13.1. The zero-order chi connectivity index (χ0) is 13.7. The number of anilines is 1. The number of hydrogen-bond donors (Lipinski definition) is 1. The van der Waals surface area contributed by atoms with E-state index in [0.717, 1.165) is 11.3 Å². The third kappa shape index (κ3) is 2.90. The lowest BCUT2D eigenvalue weighted by Gasteiger charge is -2.29. The molecule has 0 saturated carbocycles. The number of nitrogens with two attached hydrogens (primary N) is 1. The molecule has 4 nitrogen and oxygen atoms in total. The summed E-state index contributed by atoms with van der Waals surface area (Å²) >= 11 is 0. The van der Waals surface area contributed by atoms with Gasteiger partial charge in [0, 0.05) is 31.7 Å². The lowest BCUT2D eigenvalue weighted by molar-refractivity contribution is 0.678. The molecular formula is C15H16N4. The van der Waals surface area contributed by atoms with Crippen molar-refractivity contribution in [1.82, 2.24) is 4.98 Å². The molecule has 1 aromatic heterocycles. The van der Waals surface area contributed by atoms with E-state index in [1.165, 1.54) is 0 Å². The molecule has 1 heterocycles. The zero-order valence-corrected chi connectivity index (χ0v) is 10.8. The minimum Gasteiger partial charge on any atom is -0.366 e. The SMILES string of the molecule is CN(c1cccc(C#N)c1)C(CN)c1cccnc1. The van der Waals surface area contributed by atoms with Gasteiger partial charge in [0.25, 0.3) is 0 Å². The summed E-state index contributed by atoms with van der Waals surface area (Å²) in [4.78, 5) is 6.20. The Labute approximate surface area is 113 Å². The van der Waals surface area contributed by atoms with Crippen LogP contribution in [0.5, 0.6) is 0 Å². The molecule has 2 aromatic rings. The Morgan fingerprint density at radius 3 is 2.84 bits per heavy atom. The predicted octanol–water partition coefficient (Wildman–Crippen LogP) is 2.09. The van der Waals surface area contributed by atoms with Gasteiger partial charge in [-0.3, -0.25) is 4.98 Å². The van der Waals surface area contributed by atoms with Crippen molar-refractivity contribution in [2.75, 3.05) is 18.5 Å². The van der Waals surface area contributed by atoms with Gasteiger partial charge in [-0.05, 0) is 29.8 Å². The number of rotatable bonds is 4. The van der Waals surface area contributed by atoms with Crippen LogP contribution in [0.2, 0.25) is 0 Å². The topological polar surface area (TPSA) is 65.9 Å². The maximum Gasteiger partial charge on any atom is 0.0992 e. The van der Waals surface area contributed by atoms with Crippen LogP contribution in [-0.4, -0.2) is 18.6 Å². The number of nitriles is 1. The quantitative estimate of drug-likeness (QED) is 0.904. The summed E-state index contributed by atoms with van der Waals surface area (Å²) in [6.45, 7) is 0.485. The Morgan fingerprint density at radius 1 is 1.37 bits per heavy atom. The minimum absolute atomic E-state index is 0.0441. The molecule has 0 radical (unpaired) electrons. The van der Waals surface area contributed by atoms with Gasteiger partial charge >= 0.3 is 0 Å². The largest absolute Gasteiger partial charge is 0.366 e. The average molecular weight is 252 g/mol. The van der Waals surface area contributed by atoms with E-state index in [4.69, 9.17) is 11.0 Å². The van der Waals surface area contributed by atoms with E-state index < -0.39 is 0 Å². The predicted molar refractivity (Wildman–Crippen MR) is 75.6 cm³/mol. The number of hydrogen-bond acceptors (Lipinski definition) is 4. The first-order valence-electron chi connectivity index (χ1n) is 6.09. The average Bonchev–Trinajstić information content (AvgIpc) is 2.49. The Morgan fingerprint density at radius 2 is 2.21 bits per heavy atom. The molecule has 19 heavy (non-hydrogen) atoms. The number of likely N-dealkylation sites (N-methyl/N-ethyl adjacent to an activating group) is 1. The molecule has 4 heteroatoms. The maximum atomic E-state index is 8.95. The minimum atomic E-state index is 0.0441. The van der Waals surface area contributed by atoms with E-state index in [1.807, 2.05) is 43.6 Å². The summed E-state index contributed by atoms with van der Waals surface area (Å²) < 4.78 is 0. The molecule has 0 bridgehead atoms. The summed E-state index contributed by atoms with van der Waals surface area (Å²) in [5.74, 6) is 0. The summed E-state index contributed by atoms with van der Waals surface area (Å²) in [5.41, 5.74) is 8.56. The highest BCUT2D eigenvalue weighted by Gasteiger charge is 2.16. The molecule has 0 saturated heterocycles. The first-order chi connectivity index (χ1) is 9.26. The van der Waals surface area contributed by atoms with Gasteiger partial charge in [0.05, 0.1) is 17.7 Å². The Balaban J connectivity index is 2.31. The third-order valence-corrected chi connectivity index (χ3v) is 3.14. The maximum absolute atomic E-state index is 8.95. The number of benzene rings is 1. The molecule has 0 fully saturated rings. The van der Waals surface area contributed by atoms with Crippen LogP contribution in [0.25, 0.3) is 0 Å². The van der Waals surface area contributed by atoms with Crippen molar-refractivity contribution in [2.45, 2.75) is 6.04 Å². The lowest BCUT2D eigenvalue weighted by atomic mass is 10.1. The number of pyridine rings is 1. The van der Waals surface area contributed by atoms with Crippen LogP contribution in [0.15, 0.2) is 48.8 Å². The fourth-order valence-corrected chi connectivity index (χ4v) is 2.07. The van der Waals surface area contributed by atoms with Crippen LogP contribution in [0.3, 0.4) is 0 Å². The van der Waals surface area contributed by atoms with Gasteiger partial charge in [0.15, 0.2) is 0 Å². The smallest absolute Gasteiger partial charge is 0.0992 e. The highest BCUT2D eigenvalue weighted by Crippen LogP contribution is 2.24. The molecule has 0 aliphatic carbocycles. The molecule has 96 valence electrons. The van der Waals surface area contributed by atoms with Crippen molar-refractivity contribution < 1.29 is 0 Å². The van der Waals surface area contributed by atoms with Crippen LogP contribution in [0, 0.1) is 11.3 Å². The van der Waals surface area contributed by atoms with Crippen molar-refractivity contribution in [3.63, 3.8) is 0 Å². The van der Waals surface area contributed by atoms with Crippen molar-refractivity contribution in [1.29, 1.82) is 5.26 Å². The van der Waals surface area contributed by atoms with E-state index in [0.29, 0.717) is 12.1 Å². The molecular weight excluding hydrogens is 236 g/mol. The van der Waals surface area contributed by atoms with Crippen LogP contribution in [0.4, 0.5) is 5.69 Å². The molecule has 1 aromatic carbocycles. The lowest BCUT2D eigenvalue weighted by Crippen LogP contribution is -2.30. The van der Waals surface area contributed by atoms with Gasteiger partial charge in [-0.2, -0.15) is 5.26 Å². The molecule has 0 aliphatic heterocycles. The molecule has 1 unspecified atom stereocenters. The Hall–Kier alpha value is -2.38. The van der Waals surface area contributed by atoms with Crippen LogP contribution in [-0.2, 0) is 0 Å². The van der Waals surface area contributed by atoms with E-state index >= 15 is 0 Å². The zero-order valence-electron chi connectivity index (χ0n) is 10.8. The van der Waals surface area contributed by atoms with Crippen molar-refractivity contribution in [3.05, 3.63) is 59.9 Å². The second-order valence-corrected chi connectivity index (χ2v) is 4.31. The normalized spacial score (nSPS) is 11.6. The van der Waals surface area contributed by atoms with Gasteiger partial charge in [-0.25, -0.2) is 0 Å². The summed E-state index contributed by atoms with van der Waals surface area (Å²) in [6.07, 6.45) is 3.57. The van der Waals surface area contributed by atoms with Gasteiger partial charge < -0.3 is 10.6 Å². The molecule has 2 rings (SSSR count).